The van der Waals surface area contributed by atoms with Gasteiger partial charge in [0.15, 0.2) is 5.65 Å². The number of likely N-dealkylation sites (tertiary alicyclic amines) is 1. The molecule has 4 heterocycles. The fourth-order valence-corrected chi connectivity index (χ4v) is 7.22. The van der Waals surface area contributed by atoms with Crippen LogP contribution in [0, 0.1) is 0 Å². The van der Waals surface area contributed by atoms with E-state index in [1.807, 2.05) is 30.5 Å². The SMILES string of the molecule is C[C@@H]1CCCN1C1(C)CCc2ccc(-c3cnc4[nH]nc(-c5ccc(C(=O)N[C@@H]6CCOC6)cc5)c4c3)cc2CC1. The number of amides is 1. The zero-order valence-electron chi connectivity index (χ0n) is 24.1. The summed E-state index contributed by atoms with van der Waals surface area (Å²) in [6.45, 7) is 7.42. The van der Waals surface area contributed by atoms with E-state index < -0.39 is 0 Å². The molecule has 1 unspecified atom stereocenters. The van der Waals surface area contributed by atoms with Gasteiger partial charge in [0.1, 0.15) is 5.69 Å². The van der Waals surface area contributed by atoms with Gasteiger partial charge in [0.25, 0.3) is 5.91 Å². The lowest BCUT2D eigenvalue weighted by Crippen LogP contribution is -2.48. The van der Waals surface area contributed by atoms with Gasteiger partial charge < -0.3 is 10.1 Å². The van der Waals surface area contributed by atoms with Gasteiger partial charge in [-0.15, -0.1) is 0 Å². The maximum Gasteiger partial charge on any atom is 0.251 e. The van der Waals surface area contributed by atoms with Gasteiger partial charge >= 0.3 is 0 Å². The Morgan fingerprint density at radius 1 is 1.02 bits per heavy atom. The minimum Gasteiger partial charge on any atom is -0.379 e. The van der Waals surface area contributed by atoms with Gasteiger partial charge in [0.05, 0.1) is 12.6 Å². The number of aromatic amines is 1. The first-order valence-electron chi connectivity index (χ1n) is 15.2. The smallest absolute Gasteiger partial charge is 0.251 e. The Morgan fingerprint density at radius 2 is 1.83 bits per heavy atom. The van der Waals surface area contributed by atoms with Crippen molar-refractivity contribution in [3.05, 3.63) is 71.4 Å². The maximum absolute atomic E-state index is 12.7. The largest absolute Gasteiger partial charge is 0.379 e. The second-order valence-corrected chi connectivity index (χ2v) is 12.5. The molecule has 3 atom stereocenters. The number of H-pyrrole nitrogens is 1. The molecule has 0 radical (unpaired) electrons. The van der Waals surface area contributed by atoms with Crippen LogP contribution >= 0.6 is 0 Å². The first-order chi connectivity index (χ1) is 20.0. The Balaban J connectivity index is 1.12. The number of pyridine rings is 1. The molecule has 3 aliphatic rings. The summed E-state index contributed by atoms with van der Waals surface area (Å²) in [5.41, 5.74) is 8.74. The molecule has 0 bridgehead atoms. The van der Waals surface area contributed by atoms with Crippen LogP contribution in [0.4, 0.5) is 0 Å². The average Bonchev–Trinajstić information content (AvgIpc) is 3.74. The van der Waals surface area contributed by atoms with Crippen LogP contribution in [-0.4, -0.2) is 63.4 Å². The topological polar surface area (TPSA) is 83.1 Å². The number of rotatable bonds is 5. The van der Waals surface area contributed by atoms with Crippen LogP contribution in [0.15, 0.2) is 54.7 Å². The van der Waals surface area contributed by atoms with Crippen LogP contribution in [0.5, 0.6) is 0 Å². The highest BCUT2D eigenvalue weighted by Gasteiger charge is 2.38. The molecule has 4 aromatic rings. The quantitative estimate of drug-likeness (QED) is 0.302. The third kappa shape index (κ3) is 5.06. The van der Waals surface area contributed by atoms with Gasteiger partial charge in [-0.1, -0.05) is 30.3 Å². The molecule has 1 aliphatic carbocycles. The number of ether oxygens (including phenoxy) is 1. The van der Waals surface area contributed by atoms with Crippen LogP contribution < -0.4 is 5.32 Å². The van der Waals surface area contributed by atoms with E-state index in [-0.39, 0.29) is 17.5 Å². The van der Waals surface area contributed by atoms with E-state index in [9.17, 15) is 4.79 Å². The standard InChI is InChI=1S/C34H39N5O2/c1-22-4-3-16-39(22)34(2)14-11-23-5-10-26(18-27(23)12-15-34)28-19-30-31(37-38-32(30)35-20-28)24-6-8-25(9-7-24)33(40)36-29-13-17-41-21-29/h5-10,18-20,22,29H,3-4,11-17,21H2,1-2H3,(H,36,40)(H,35,37,38)/t22-,29-,34?/m1/s1. The summed E-state index contributed by atoms with van der Waals surface area (Å²) in [6, 6.07) is 17.6. The summed E-state index contributed by atoms with van der Waals surface area (Å²) < 4.78 is 5.37. The van der Waals surface area contributed by atoms with Crippen molar-refractivity contribution in [1.29, 1.82) is 0 Å². The van der Waals surface area contributed by atoms with Crippen molar-refractivity contribution < 1.29 is 9.53 Å². The van der Waals surface area contributed by atoms with Crippen molar-refractivity contribution in [2.24, 2.45) is 0 Å². The van der Waals surface area contributed by atoms with Crippen LogP contribution in [0.1, 0.15) is 67.4 Å². The molecule has 41 heavy (non-hydrogen) atoms. The molecule has 7 nitrogen and oxygen atoms in total. The van der Waals surface area contributed by atoms with Crippen molar-refractivity contribution in [3.8, 4) is 22.4 Å². The summed E-state index contributed by atoms with van der Waals surface area (Å²) in [5.74, 6) is -0.0682. The maximum atomic E-state index is 12.7. The van der Waals surface area contributed by atoms with Gasteiger partial charge in [-0.3, -0.25) is 14.8 Å². The van der Waals surface area contributed by atoms with Crippen molar-refractivity contribution >= 4 is 16.9 Å². The van der Waals surface area contributed by atoms with Crippen molar-refractivity contribution in [3.63, 3.8) is 0 Å². The van der Waals surface area contributed by atoms with E-state index in [0.717, 1.165) is 47.1 Å². The molecule has 2 N–H and O–H groups in total. The Labute approximate surface area is 241 Å². The van der Waals surface area contributed by atoms with Crippen LogP contribution in [-0.2, 0) is 17.6 Å². The second kappa shape index (κ2) is 10.7. The molecule has 212 valence electrons. The number of hydrogen-bond acceptors (Lipinski definition) is 5. The van der Waals surface area contributed by atoms with Crippen LogP contribution in [0.3, 0.4) is 0 Å². The molecule has 0 spiro atoms. The van der Waals surface area contributed by atoms with Gasteiger partial charge in [-0.25, -0.2) is 4.98 Å². The summed E-state index contributed by atoms with van der Waals surface area (Å²) in [7, 11) is 0. The van der Waals surface area contributed by atoms with E-state index in [4.69, 9.17) is 9.72 Å². The lowest BCUT2D eigenvalue weighted by molar-refractivity contribution is 0.0821. The lowest BCUT2D eigenvalue weighted by atomic mass is 9.89. The third-order valence-corrected chi connectivity index (χ3v) is 9.75. The van der Waals surface area contributed by atoms with Crippen LogP contribution in [0.2, 0.25) is 0 Å². The second-order valence-electron chi connectivity index (χ2n) is 12.5. The fraction of sp³-hybridized carbons (Fsp3) is 0.441. The lowest BCUT2D eigenvalue weighted by Gasteiger charge is -2.41. The highest BCUT2D eigenvalue weighted by molar-refractivity contribution is 5.96. The number of fused-ring (bicyclic) bond motifs is 2. The zero-order valence-corrected chi connectivity index (χ0v) is 24.1. The van der Waals surface area contributed by atoms with Crippen molar-refractivity contribution in [2.45, 2.75) is 76.4 Å². The molecule has 7 heteroatoms. The molecule has 2 aromatic heterocycles. The van der Waals surface area contributed by atoms with Gasteiger partial charge in [-0.2, -0.15) is 5.10 Å². The number of carbonyl (C=O) groups excluding carboxylic acids is 1. The highest BCUT2D eigenvalue weighted by Crippen LogP contribution is 2.38. The third-order valence-electron chi connectivity index (χ3n) is 9.75. The highest BCUT2D eigenvalue weighted by atomic mass is 16.5. The Hall–Kier alpha value is -3.55. The number of aryl methyl sites for hydroxylation is 2. The van der Waals surface area contributed by atoms with Crippen molar-refractivity contribution in [2.75, 3.05) is 19.8 Å². The number of nitrogens with one attached hydrogen (secondary N) is 2. The number of benzene rings is 2. The molecule has 2 saturated heterocycles. The zero-order chi connectivity index (χ0) is 28.0. The predicted molar refractivity (Wildman–Crippen MR) is 162 cm³/mol. The first kappa shape index (κ1) is 26.4. The fourth-order valence-electron chi connectivity index (χ4n) is 7.22. The molecule has 1 amide bonds. The van der Waals surface area contributed by atoms with E-state index in [1.165, 1.54) is 48.9 Å². The van der Waals surface area contributed by atoms with E-state index in [2.05, 4.69) is 58.5 Å². The molecular weight excluding hydrogens is 510 g/mol. The van der Waals surface area contributed by atoms with E-state index >= 15 is 0 Å². The van der Waals surface area contributed by atoms with Crippen molar-refractivity contribution in [1.82, 2.24) is 25.4 Å². The monoisotopic (exact) mass is 549 g/mol. The predicted octanol–water partition coefficient (Wildman–Crippen LogP) is 5.93. The molecule has 0 saturated carbocycles. The molecule has 7 rings (SSSR count). The normalized spacial score (nSPS) is 24.8. The number of aromatic nitrogens is 3. The Bertz CT molecular complexity index is 1570. The minimum absolute atomic E-state index is 0.0682. The summed E-state index contributed by atoms with van der Waals surface area (Å²) in [4.78, 5) is 20.2. The molecule has 2 aliphatic heterocycles. The van der Waals surface area contributed by atoms with Crippen LogP contribution in [0.25, 0.3) is 33.4 Å². The van der Waals surface area contributed by atoms with Gasteiger partial charge in [0.2, 0.25) is 0 Å². The Kier molecular flexibility index (Phi) is 6.87. The number of nitrogens with zero attached hydrogens (tertiary/aromatic N) is 3. The molecule has 2 fully saturated rings. The first-order valence-corrected chi connectivity index (χ1v) is 15.2. The molecular formula is C34H39N5O2. The molecule has 2 aromatic carbocycles. The van der Waals surface area contributed by atoms with Gasteiger partial charge in [-0.05, 0) is 100 Å². The Morgan fingerprint density at radius 3 is 2.59 bits per heavy atom. The van der Waals surface area contributed by atoms with E-state index in [1.54, 1.807) is 0 Å². The summed E-state index contributed by atoms with van der Waals surface area (Å²) in [5, 5.41) is 11.7. The van der Waals surface area contributed by atoms with Gasteiger partial charge in [0, 0.05) is 46.5 Å². The summed E-state index contributed by atoms with van der Waals surface area (Å²) in [6.07, 6.45) is 10.1. The number of hydrogen-bond donors (Lipinski definition) is 2. The average molecular weight is 550 g/mol. The number of carbonyl (C=O) groups is 1. The minimum atomic E-state index is -0.0682. The summed E-state index contributed by atoms with van der Waals surface area (Å²) >= 11 is 0. The van der Waals surface area contributed by atoms with E-state index in [0.29, 0.717) is 24.8 Å².